The van der Waals surface area contributed by atoms with Crippen LogP contribution < -0.4 is 5.32 Å². The molecule has 0 amide bonds. The Balaban J connectivity index is 1.71. The monoisotopic (exact) mass is 322 g/mol. The predicted octanol–water partition coefficient (Wildman–Crippen LogP) is 4.47. The lowest BCUT2D eigenvalue weighted by atomic mass is 9.84. The Bertz CT molecular complexity index is 540. The summed E-state index contributed by atoms with van der Waals surface area (Å²) in [6.07, 6.45) is 5.43. The smallest absolute Gasteiger partial charge is 0.0237 e. The fraction of sp³-hybridized carbons (Fsp3) is 0.455. The highest BCUT2D eigenvalue weighted by molar-refractivity contribution is 5.17. The molecule has 1 saturated carbocycles. The van der Waals surface area contributed by atoms with Gasteiger partial charge in [-0.05, 0) is 36.9 Å². The first-order chi connectivity index (χ1) is 11.8. The maximum atomic E-state index is 3.56. The third-order valence-electron chi connectivity index (χ3n) is 5.27. The Morgan fingerprint density at radius 1 is 0.833 bits per heavy atom. The van der Waals surface area contributed by atoms with Crippen molar-refractivity contribution < 1.29 is 0 Å². The summed E-state index contributed by atoms with van der Waals surface area (Å²) in [7, 11) is 2.13. The van der Waals surface area contributed by atoms with E-state index in [9.17, 15) is 0 Å². The van der Waals surface area contributed by atoms with Gasteiger partial charge >= 0.3 is 0 Å². The molecule has 1 N–H and O–H groups in total. The van der Waals surface area contributed by atoms with Crippen LogP contribution in [0.1, 0.15) is 36.8 Å². The Morgan fingerprint density at radius 3 is 1.92 bits per heavy atom. The van der Waals surface area contributed by atoms with Gasteiger partial charge in [0.2, 0.25) is 0 Å². The van der Waals surface area contributed by atoms with Crippen molar-refractivity contribution in [3.8, 4) is 0 Å². The van der Waals surface area contributed by atoms with Crippen LogP contribution in [-0.2, 0) is 13.1 Å². The maximum absolute atomic E-state index is 3.56. The summed E-state index contributed by atoms with van der Waals surface area (Å²) in [6.45, 7) is 3.24. The van der Waals surface area contributed by atoms with Gasteiger partial charge < -0.3 is 5.32 Å². The number of rotatable bonds is 7. The van der Waals surface area contributed by atoms with E-state index in [1.54, 1.807) is 0 Å². The molecule has 0 aliphatic heterocycles. The van der Waals surface area contributed by atoms with Gasteiger partial charge in [-0.25, -0.2) is 0 Å². The largest absolute Gasteiger partial charge is 0.317 e. The lowest BCUT2D eigenvalue weighted by Crippen LogP contribution is -2.42. The topological polar surface area (TPSA) is 15.3 Å². The second-order valence-corrected chi connectivity index (χ2v) is 7.08. The summed E-state index contributed by atoms with van der Waals surface area (Å²) >= 11 is 0. The third kappa shape index (κ3) is 4.93. The molecular weight excluding hydrogens is 292 g/mol. The molecule has 0 aromatic heterocycles. The van der Waals surface area contributed by atoms with E-state index in [0.717, 1.165) is 19.0 Å². The summed E-state index contributed by atoms with van der Waals surface area (Å²) in [4.78, 5) is 2.63. The molecule has 2 unspecified atom stereocenters. The molecule has 24 heavy (non-hydrogen) atoms. The summed E-state index contributed by atoms with van der Waals surface area (Å²) < 4.78 is 0. The van der Waals surface area contributed by atoms with Crippen LogP contribution in [0, 0.1) is 5.92 Å². The Hall–Kier alpha value is -1.64. The van der Waals surface area contributed by atoms with Gasteiger partial charge in [0, 0.05) is 25.7 Å². The molecule has 0 heterocycles. The Labute approximate surface area is 146 Å². The number of hydrogen-bond acceptors (Lipinski definition) is 2. The Morgan fingerprint density at radius 2 is 1.38 bits per heavy atom. The van der Waals surface area contributed by atoms with Crippen molar-refractivity contribution in [2.24, 2.45) is 5.92 Å². The molecule has 2 nitrogen and oxygen atoms in total. The van der Waals surface area contributed by atoms with E-state index in [4.69, 9.17) is 0 Å². The van der Waals surface area contributed by atoms with Gasteiger partial charge in [0.15, 0.2) is 0 Å². The van der Waals surface area contributed by atoms with Gasteiger partial charge in [-0.3, -0.25) is 4.90 Å². The highest BCUT2D eigenvalue weighted by atomic mass is 15.1. The van der Waals surface area contributed by atoms with Gasteiger partial charge in [-0.2, -0.15) is 0 Å². The predicted molar refractivity (Wildman–Crippen MR) is 102 cm³/mol. The van der Waals surface area contributed by atoms with Crippen LogP contribution in [0.15, 0.2) is 60.7 Å². The van der Waals surface area contributed by atoms with Crippen LogP contribution in [0.2, 0.25) is 0 Å². The molecule has 2 aromatic carbocycles. The lowest BCUT2D eigenvalue weighted by Gasteiger charge is -2.35. The first-order valence-electron chi connectivity index (χ1n) is 9.32. The lowest BCUT2D eigenvalue weighted by molar-refractivity contribution is 0.160. The molecule has 2 atom stereocenters. The molecule has 128 valence electrons. The van der Waals surface area contributed by atoms with Gasteiger partial charge in [0.1, 0.15) is 0 Å². The van der Waals surface area contributed by atoms with Gasteiger partial charge in [-0.1, -0.05) is 73.5 Å². The first-order valence-corrected chi connectivity index (χ1v) is 9.32. The molecule has 0 spiro atoms. The number of nitrogens with one attached hydrogen (secondary N) is 1. The van der Waals surface area contributed by atoms with E-state index >= 15 is 0 Å². The molecular formula is C22H30N2. The molecule has 1 aliphatic carbocycles. The van der Waals surface area contributed by atoms with E-state index in [-0.39, 0.29) is 0 Å². The zero-order chi connectivity index (χ0) is 16.6. The van der Waals surface area contributed by atoms with Crippen molar-refractivity contribution in [2.75, 3.05) is 13.6 Å². The van der Waals surface area contributed by atoms with E-state index < -0.39 is 0 Å². The fourth-order valence-corrected chi connectivity index (χ4v) is 4.01. The SMILES string of the molecule is CNC1CCCCC1CN(Cc1ccccc1)Cc1ccccc1. The van der Waals surface area contributed by atoms with Crippen molar-refractivity contribution in [2.45, 2.75) is 44.8 Å². The van der Waals surface area contributed by atoms with Crippen LogP contribution in [0.5, 0.6) is 0 Å². The van der Waals surface area contributed by atoms with Crippen molar-refractivity contribution in [1.82, 2.24) is 10.2 Å². The third-order valence-corrected chi connectivity index (χ3v) is 5.27. The zero-order valence-electron chi connectivity index (χ0n) is 14.8. The fourth-order valence-electron chi connectivity index (χ4n) is 4.01. The second-order valence-electron chi connectivity index (χ2n) is 7.08. The van der Waals surface area contributed by atoms with Crippen LogP contribution in [0.3, 0.4) is 0 Å². The Kier molecular flexibility index (Phi) is 6.45. The van der Waals surface area contributed by atoms with Crippen LogP contribution in [-0.4, -0.2) is 24.5 Å². The zero-order valence-corrected chi connectivity index (χ0v) is 14.8. The van der Waals surface area contributed by atoms with Gasteiger partial charge in [0.25, 0.3) is 0 Å². The highest BCUT2D eigenvalue weighted by Gasteiger charge is 2.25. The van der Waals surface area contributed by atoms with Crippen molar-refractivity contribution in [1.29, 1.82) is 0 Å². The van der Waals surface area contributed by atoms with E-state index in [1.807, 2.05) is 0 Å². The van der Waals surface area contributed by atoms with E-state index in [1.165, 1.54) is 43.4 Å². The normalized spacial score (nSPS) is 21.1. The van der Waals surface area contributed by atoms with Crippen molar-refractivity contribution >= 4 is 0 Å². The summed E-state index contributed by atoms with van der Waals surface area (Å²) in [5, 5.41) is 3.56. The van der Waals surface area contributed by atoms with Crippen LogP contribution in [0.4, 0.5) is 0 Å². The molecule has 0 radical (unpaired) electrons. The van der Waals surface area contributed by atoms with Crippen molar-refractivity contribution in [3.05, 3.63) is 71.8 Å². The standard InChI is InChI=1S/C22H30N2/c1-23-22-15-9-8-14-21(22)18-24(16-19-10-4-2-5-11-19)17-20-12-6-3-7-13-20/h2-7,10-13,21-23H,8-9,14-18H2,1H3. The maximum Gasteiger partial charge on any atom is 0.0237 e. The van der Waals surface area contributed by atoms with E-state index in [0.29, 0.717) is 6.04 Å². The van der Waals surface area contributed by atoms with Crippen molar-refractivity contribution in [3.63, 3.8) is 0 Å². The molecule has 1 aliphatic rings. The average molecular weight is 322 g/mol. The average Bonchev–Trinajstić information content (AvgIpc) is 2.64. The quantitative estimate of drug-likeness (QED) is 0.809. The minimum atomic E-state index is 0.674. The minimum absolute atomic E-state index is 0.674. The molecule has 0 saturated heterocycles. The molecule has 2 heteroatoms. The second kappa shape index (κ2) is 9.00. The van der Waals surface area contributed by atoms with E-state index in [2.05, 4.69) is 77.9 Å². The molecule has 3 rings (SSSR count). The minimum Gasteiger partial charge on any atom is -0.317 e. The summed E-state index contributed by atoms with van der Waals surface area (Å²) in [5.41, 5.74) is 2.82. The summed E-state index contributed by atoms with van der Waals surface area (Å²) in [5.74, 6) is 0.760. The number of benzene rings is 2. The molecule has 0 bridgehead atoms. The molecule has 1 fully saturated rings. The van der Waals surface area contributed by atoms with Gasteiger partial charge in [0.05, 0.1) is 0 Å². The van der Waals surface area contributed by atoms with Crippen LogP contribution >= 0.6 is 0 Å². The van der Waals surface area contributed by atoms with Crippen LogP contribution in [0.25, 0.3) is 0 Å². The summed E-state index contributed by atoms with van der Waals surface area (Å²) in [6, 6.07) is 22.4. The van der Waals surface area contributed by atoms with Gasteiger partial charge in [-0.15, -0.1) is 0 Å². The highest BCUT2D eigenvalue weighted by Crippen LogP contribution is 2.26. The number of hydrogen-bond donors (Lipinski definition) is 1. The first kappa shape index (κ1) is 17.2. The molecule has 2 aromatic rings. The number of nitrogens with zero attached hydrogens (tertiary/aromatic N) is 1.